The van der Waals surface area contributed by atoms with Crippen LogP contribution >= 0.6 is 0 Å². The lowest BCUT2D eigenvalue weighted by molar-refractivity contribution is -0.167. The molecule has 0 bridgehead atoms. The number of benzene rings is 2. The third-order valence-corrected chi connectivity index (χ3v) is 8.11. The molecule has 0 radical (unpaired) electrons. The van der Waals surface area contributed by atoms with E-state index in [1.165, 1.54) is 6.07 Å². The number of phenolic OH excluding ortho intramolecular Hbond substituents is 1. The maximum atomic E-state index is 13.8. The van der Waals surface area contributed by atoms with E-state index in [0.29, 0.717) is 22.4 Å². The van der Waals surface area contributed by atoms with Gasteiger partial charge in [-0.15, -0.1) is 0 Å². The predicted molar refractivity (Wildman–Crippen MR) is 146 cm³/mol. The maximum Gasteiger partial charge on any atom is 0.412 e. The third-order valence-electron chi connectivity index (χ3n) is 8.11. The van der Waals surface area contributed by atoms with Crippen molar-refractivity contribution in [1.82, 2.24) is 0 Å². The minimum absolute atomic E-state index is 0.0620. The Labute approximate surface area is 235 Å². The lowest BCUT2D eigenvalue weighted by Gasteiger charge is -2.48. The summed E-state index contributed by atoms with van der Waals surface area (Å²) in [4.78, 5) is 50.9. The van der Waals surface area contributed by atoms with Crippen LogP contribution in [0.1, 0.15) is 49.5 Å². The molecule has 0 aromatic heterocycles. The van der Waals surface area contributed by atoms with Gasteiger partial charge in [0.05, 0.1) is 11.7 Å². The number of primary amides is 1. The Morgan fingerprint density at radius 1 is 1.05 bits per heavy atom. The number of aliphatic hydroxyl groups excluding tert-OH is 2. The molecule has 1 saturated carbocycles. The molecule has 0 heterocycles. The second kappa shape index (κ2) is 9.71. The van der Waals surface area contributed by atoms with Gasteiger partial charge in [0, 0.05) is 17.2 Å². The SMILES string of the molecule is CC(C)(C)OC(=O)Nc1ccc(-c2ccc(O)c3c2C[C@H]2C[C@H]4CC(O)C(C(N)=O)C(=O)[C@@]4(O)C(O)=C2C3=O)cc1. The summed E-state index contributed by atoms with van der Waals surface area (Å²) in [5.41, 5.74) is 4.16. The fourth-order valence-electron chi connectivity index (χ4n) is 6.35. The van der Waals surface area contributed by atoms with E-state index in [1.807, 2.05) is 0 Å². The van der Waals surface area contributed by atoms with E-state index < -0.39 is 64.4 Å². The van der Waals surface area contributed by atoms with E-state index in [2.05, 4.69) is 5.32 Å². The Morgan fingerprint density at radius 3 is 2.32 bits per heavy atom. The van der Waals surface area contributed by atoms with E-state index in [9.17, 15) is 39.6 Å². The van der Waals surface area contributed by atoms with Crippen molar-refractivity contribution in [2.45, 2.75) is 57.3 Å². The summed E-state index contributed by atoms with van der Waals surface area (Å²) in [5, 5.41) is 46.4. The summed E-state index contributed by atoms with van der Waals surface area (Å²) in [6.45, 7) is 5.26. The van der Waals surface area contributed by atoms with Gasteiger partial charge in [0.15, 0.2) is 17.2 Å². The molecule has 3 aliphatic rings. The zero-order valence-corrected chi connectivity index (χ0v) is 22.8. The molecule has 2 aromatic carbocycles. The van der Waals surface area contributed by atoms with Crippen LogP contribution in [0.3, 0.4) is 0 Å². The average Bonchev–Trinajstić information content (AvgIpc) is 2.85. The van der Waals surface area contributed by atoms with Crippen molar-refractivity contribution in [1.29, 1.82) is 0 Å². The molecule has 5 rings (SSSR count). The molecule has 41 heavy (non-hydrogen) atoms. The highest BCUT2D eigenvalue weighted by Gasteiger charge is 2.62. The number of hydrogen-bond donors (Lipinski definition) is 6. The first-order chi connectivity index (χ1) is 19.1. The van der Waals surface area contributed by atoms with Gasteiger partial charge in [0.2, 0.25) is 5.91 Å². The number of aliphatic hydroxyl groups is 3. The molecule has 5 atom stereocenters. The molecule has 2 amide bonds. The molecule has 1 fully saturated rings. The number of ether oxygens (including phenoxy) is 1. The first-order valence-corrected chi connectivity index (χ1v) is 13.3. The Balaban J connectivity index is 1.52. The summed E-state index contributed by atoms with van der Waals surface area (Å²) in [5.74, 6) is -7.52. The predicted octanol–water partition coefficient (Wildman–Crippen LogP) is 2.76. The van der Waals surface area contributed by atoms with Crippen molar-refractivity contribution in [2.75, 3.05) is 5.32 Å². The van der Waals surface area contributed by atoms with Gasteiger partial charge in [0.25, 0.3) is 0 Å². The van der Waals surface area contributed by atoms with Crippen LogP contribution in [0.5, 0.6) is 5.75 Å². The largest absolute Gasteiger partial charge is 0.508 e. The zero-order valence-electron chi connectivity index (χ0n) is 22.8. The molecule has 216 valence electrons. The number of aromatic hydroxyl groups is 1. The number of carbonyl (C=O) groups excluding carboxylic acids is 4. The summed E-state index contributed by atoms with van der Waals surface area (Å²) in [7, 11) is 0. The summed E-state index contributed by atoms with van der Waals surface area (Å²) < 4.78 is 5.27. The van der Waals surface area contributed by atoms with Crippen LogP contribution in [-0.2, 0) is 20.7 Å². The lowest BCUT2D eigenvalue weighted by atomic mass is 9.57. The molecule has 0 saturated heterocycles. The van der Waals surface area contributed by atoms with Gasteiger partial charge in [-0.05, 0) is 80.8 Å². The number of carbonyl (C=O) groups is 4. The minimum Gasteiger partial charge on any atom is -0.508 e. The number of phenols is 1. The Morgan fingerprint density at radius 2 is 1.71 bits per heavy atom. The van der Waals surface area contributed by atoms with Gasteiger partial charge in [-0.3, -0.25) is 19.7 Å². The second-order valence-electron chi connectivity index (χ2n) is 11.9. The normalized spacial score (nSPS) is 27.4. The quantitative estimate of drug-likeness (QED) is 0.304. The standard InChI is InChI=1S/C30H32N2O9/c1-29(2,3)41-28(39)32-16-6-4-13(5-7-16)17-8-9-19(33)22-18(17)11-14-10-15-12-20(34)23(27(31)38)26(37)30(15,40)25(36)21(14)24(22)35/h4-9,14-15,20,23,33-34,36,40H,10-12H2,1-3H3,(H2,31,38)(H,32,39)/t14-,15+,20?,23?,30+/m1/s1. The molecule has 2 aromatic rings. The number of hydrogen-bond acceptors (Lipinski definition) is 9. The molecular weight excluding hydrogens is 532 g/mol. The maximum absolute atomic E-state index is 13.8. The van der Waals surface area contributed by atoms with Gasteiger partial charge >= 0.3 is 6.09 Å². The third kappa shape index (κ3) is 4.64. The number of amides is 2. The van der Waals surface area contributed by atoms with Crippen LogP contribution in [0.15, 0.2) is 47.7 Å². The number of ketones is 2. The van der Waals surface area contributed by atoms with Crippen LogP contribution in [0.25, 0.3) is 11.1 Å². The Bertz CT molecular complexity index is 1510. The van der Waals surface area contributed by atoms with E-state index >= 15 is 0 Å². The van der Waals surface area contributed by atoms with Crippen molar-refractivity contribution >= 4 is 29.3 Å². The van der Waals surface area contributed by atoms with Crippen LogP contribution in [0.4, 0.5) is 10.5 Å². The zero-order chi connectivity index (χ0) is 30.0. The highest BCUT2D eigenvalue weighted by Crippen LogP contribution is 2.52. The molecule has 0 spiro atoms. The molecular formula is C30H32N2O9. The van der Waals surface area contributed by atoms with E-state index in [4.69, 9.17) is 10.5 Å². The van der Waals surface area contributed by atoms with Gasteiger partial charge in [0.1, 0.15) is 23.0 Å². The van der Waals surface area contributed by atoms with E-state index in [0.717, 1.165) is 0 Å². The minimum atomic E-state index is -2.55. The first-order valence-electron chi connectivity index (χ1n) is 13.3. The first kappa shape index (κ1) is 28.3. The van der Waals surface area contributed by atoms with Gasteiger partial charge < -0.3 is 30.9 Å². The van der Waals surface area contributed by atoms with Crippen LogP contribution < -0.4 is 11.1 Å². The van der Waals surface area contributed by atoms with Crippen LogP contribution in [-0.4, -0.2) is 61.3 Å². The Hall–Kier alpha value is -4.22. The number of fused-ring (bicyclic) bond motifs is 3. The lowest BCUT2D eigenvalue weighted by Crippen LogP contribution is -2.63. The molecule has 2 unspecified atom stereocenters. The number of anilines is 1. The highest BCUT2D eigenvalue weighted by atomic mass is 16.6. The van der Waals surface area contributed by atoms with E-state index in [-0.39, 0.29) is 36.1 Å². The number of rotatable bonds is 3. The van der Waals surface area contributed by atoms with Crippen molar-refractivity contribution in [3.05, 3.63) is 58.9 Å². The average molecular weight is 565 g/mol. The smallest absolute Gasteiger partial charge is 0.412 e. The molecule has 3 aliphatic carbocycles. The topological polar surface area (TPSA) is 196 Å². The van der Waals surface area contributed by atoms with Crippen molar-refractivity contribution < 1.29 is 44.3 Å². The fourth-order valence-corrected chi connectivity index (χ4v) is 6.35. The highest BCUT2D eigenvalue weighted by molar-refractivity contribution is 6.16. The summed E-state index contributed by atoms with van der Waals surface area (Å²) >= 11 is 0. The van der Waals surface area contributed by atoms with Crippen molar-refractivity contribution in [3.8, 4) is 16.9 Å². The molecule has 11 heteroatoms. The fraction of sp³-hybridized carbons (Fsp3) is 0.400. The second-order valence-corrected chi connectivity index (χ2v) is 11.9. The van der Waals surface area contributed by atoms with Gasteiger partial charge in [-0.25, -0.2) is 4.79 Å². The number of nitrogens with two attached hydrogens (primary N) is 1. The monoisotopic (exact) mass is 564 g/mol. The number of nitrogens with one attached hydrogen (secondary N) is 1. The van der Waals surface area contributed by atoms with Crippen molar-refractivity contribution in [2.24, 2.45) is 23.5 Å². The van der Waals surface area contributed by atoms with E-state index in [1.54, 1.807) is 51.1 Å². The summed E-state index contributed by atoms with van der Waals surface area (Å²) in [6, 6.07) is 9.84. The van der Waals surface area contributed by atoms with Crippen LogP contribution in [0, 0.1) is 17.8 Å². The van der Waals surface area contributed by atoms with Gasteiger partial charge in [-0.1, -0.05) is 18.2 Å². The van der Waals surface area contributed by atoms with Gasteiger partial charge in [-0.2, -0.15) is 0 Å². The Kier molecular flexibility index (Phi) is 6.70. The number of Topliss-reactive ketones (excluding diaryl/α,β-unsaturated/α-hetero) is 2. The molecule has 11 nitrogen and oxygen atoms in total. The summed E-state index contributed by atoms with van der Waals surface area (Å²) in [6.07, 6.45) is -1.95. The molecule has 0 aliphatic heterocycles. The van der Waals surface area contributed by atoms with Crippen molar-refractivity contribution in [3.63, 3.8) is 0 Å². The number of allylic oxidation sites excluding steroid dienone is 1. The van der Waals surface area contributed by atoms with Crippen LogP contribution in [0.2, 0.25) is 0 Å². The molecule has 7 N–H and O–H groups in total.